The smallest absolute Gasteiger partial charge is 0.294 e. The lowest BCUT2D eigenvalue weighted by Crippen LogP contribution is -2.48. The van der Waals surface area contributed by atoms with Crippen LogP contribution in [0.1, 0.15) is 0 Å². The number of piperazine rings is 1. The Labute approximate surface area is 175 Å². The number of benzene rings is 2. The monoisotopic (exact) mass is 432 g/mol. The van der Waals surface area contributed by atoms with Crippen LogP contribution in [0.5, 0.6) is 0 Å². The van der Waals surface area contributed by atoms with Gasteiger partial charge in [-0.05, 0) is 24.3 Å². The van der Waals surface area contributed by atoms with E-state index in [9.17, 15) is 14.9 Å². The number of nitro groups is 1. The Morgan fingerprint density at radius 1 is 1.21 bits per heavy atom. The van der Waals surface area contributed by atoms with Crippen LogP contribution in [0, 0.1) is 10.1 Å². The summed E-state index contributed by atoms with van der Waals surface area (Å²) in [5, 5.41) is 14.6. The molecule has 9 nitrogen and oxygen atoms in total. The van der Waals surface area contributed by atoms with Crippen LogP contribution in [0.2, 0.25) is 5.02 Å². The fourth-order valence-electron chi connectivity index (χ4n) is 3.36. The second-order valence-electron chi connectivity index (χ2n) is 6.64. The molecule has 0 saturated carbocycles. The van der Waals surface area contributed by atoms with Gasteiger partial charge in [0.2, 0.25) is 5.91 Å². The highest BCUT2D eigenvalue weighted by atomic mass is 35.5. The lowest BCUT2D eigenvalue weighted by Gasteiger charge is -2.35. The molecule has 11 heteroatoms. The van der Waals surface area contributed by atoms with Gasteiger partial charge in [0.1, 0.15) is 16.7 Å². The Hall–Kier alpha value is -2.82. The molecule has 29 heavy (non-hydrogen) atoms. The van der Waals surface area contributed by atoms with Gasteiger partial charge < -0.3 is 10.2 Å². The van der Waals surface area contributed by atoms with Gasteiger partial charge in [-0.25, -0.2) is 0 Å². The standard InChI is InChI=1S/C18H17ClN6O3S/c19-12-4-5-15(16(10-12)25(27)28)24-8-6-23(7-9-24)11-17(26)20-13-2-1-3-14-18(13)22-29-21-14/h1-5,10H,6-9,11H2,(H,20,26). The summed E-state index contributed by atoms with van der Waals surface area (Å²) in [5.41, 5.74) is 2.63. The van der Waals surface area contributed by atoms with Gasteiger partial charge in [-0.3, -0.25) is 19.8 Å². The Balaban J connectivity index is 1.36. The highest BCUT2D eigenvalue weighted by molar-refractivity contribution is 7.00. The van der Waals surface area contributed by atoms with Crippen molar-refractivity contribution in [2.45, 2.75) is 0 Å². The molecule has 0 spiro atoms. The van der Waals surface area contributed by atoms with E-state index in [0.717, 1.165) is 17.2 Å². The molecule has 0 radical (unpaired) electrons. The molecule has 1 N–H and O–H groups in total. The number of carbonyl (C=O) groups is 1. The fourth-order valence-corrected chi connectivity index (χ4v) is 4.07. The summed E-state index contributed by atoms with van der Waals surface area (Å²) in [4.78, 5) is 27.3. The Morgan fingerprint density at radius 2 is 2.00 bits per heavy atom. The average molecular weight is 433 g/mol. The molecule has 0 bridgehead atoms. The number of aromatic nitrogens is 2. The summed E-state index contributed by atoms with van der Waals surface area (Å²) in [6, 6.07) is 10.2. The normalized spacial score (nSPS) is 14.9. The minimum atomic E-state index is -0.422. The predicted molar refractivity (Wildman–Crippen MR) is 113 cm³/mol. The zero-order valence-electron chi connectivity index (χ0n) is 15.2. The summed E-state index contributed by atoms with van der Waals surface area (Å²) in [5.74, 6) is -0.128. The van der Waals surface area contributed by atoms with Crippen molar-refractivity contribution in [2.24, 2.45) is 0 Å². The molecule has 1 aliphatic rings. The molecule has 0 unspecified atom stereocenters. The van der Waals surface area contributed by atoms with Crippen LogP contribution < -0.4 is 10.2 Å². The molecule has 150 valence electrons. The SMILES string of the molecule is O=C(CN1CCN(c2ccc(Cl)cc2[N+](=O)[O-])CC1)Nc1cccc2nsnc12. The molecule has 0 atom stereocenters. The number of rotatable bonds is 5. The van der Waals surface area contributed by atoms with Gasteiger partial charge in [0.25, 0.3) is 5.69 Å². The van der Waals surface area contributed by atoms with Crippen molar-refractivity contribution in [3.05, 3.63) is 51.5 Å². The average Bonchev–Trinajstić information content (AvgIpc) is 3.18. The first-order valence-corrected chi connectivity index (χ1v) is 10.0. The molecule has 1 fully saturated rings. The van der Waals surface area contributed by atoms with Gasteiger partial charge in [-0.1, -0.05) is 17.7 Å². The summed E-state index contributed by atoms with van der Waals surface area (Å²) < 4.78 is 8.39. The van der Waals surface area contributed by atoms with Crippen LogP contribution in [0.25, 0.3) is 11.0 Å². The minimum Gasteiger partial charge on any atom is -0.363 e. The van der Waals surface area contributed by atoms with Crippen molar-refractivity contribution >= 4 is 57.3 Å². The van der Waals surface area contributed by atoms with Crippen LogP contribution in [0.4, 0.5) is 17.1 Å². The Morgan fingerprint density at radius 3 is 2.76 bits per heavy atom. The lowest BCUT2D eigenvalue weighted by molar-refractivity contribution is -0.384. The zero-order valence-corrected chi connectivity index (χ0v) is 16.8. The Bertz CT molecular complexity index is 1070. The van der Waals surface area contributed by atoms with E-state index in [0.29, 0.717) is 48.1 Å². The molecule has 3 aromatic rings. The van der Waals surface area contributed by atoms with Gasteiger partial charge >= 0.3 is 0 Å². The number of amides is 1. The maximum absolute atomic E-state index is 12.5. The molecule has 2 aromatic carbocycles. The number of nitrogens with zero attached hydrogens (tertiary/aromatic N) is 5. The molecular formula is C18H17ClN6O3S. The topological polar surface area (TPSA) is 104 Å². The first-order chi connectivity index (χ1) is 14.0. The van der Waals surface area contributed by atoms with Crippen molar-refractivity contribution in [1.29, 1.82) is 0 Å². The summed E-state index contributed by atoms with van der Waals surface area (Å²) >= 11 is 7.00. The van der Waals surface area contributed by atoms with E-state index in [2.05, 4.69) is 14.1 Å². The molecule has 2 heterocycles. The molecule has 4 rings (SSSR count). The first kappa shape index (κ1) is 19.5. The summed E-state index contributed by atoms with van der Waals surface area (Å²) in [6.07, 6.45) is 0. The second kappa shape index (κ2) is 8.27. The number of halogens is 1. The van der Waals surface area contributed by atoms with Gasteiger partial charge in [-0.15, -0.1) is 0 Å². The third-order valence-corrected chi connectivity index (χ3v) is 5.55. The zero-order chi connectivity index (χ0) is 20.4. The largest absolute Gasteiger partial charge is 0.363 e. The van der Waals surface area contributed by atoms with E-state index in [-0.39, 0.29) is 18.1 Å². The van der Waals surface area contributed by atoms with E-state index < -0.39 is 4.92 Å². The maximum Gasteiger partial charge on any atom is 0.294 e. The molecular weight excluding hydrogens is 416 g/mol. The highest BCUT2D eigenvalue weighted by Gasteiger charge is 2.25. The van der Waals surface area contributed by atoms with E-state index in [1.54, 1.807) is 18.2 Å². The van der Waals surface area contributed by atoms with Crippen LogP contribution >= 0.6 is 23.3 Å². The highest BCUT2D eigenvalue weighted by Crippen LogP contribution is 2.31. The van der Waals surface area contributed by atoms with Crippen LogP contribution in [0.15, 0.2) is 36.4 Å². The quantitative estimate of drug-likeness (QED) is 0.488. The van der Waals surface area contributed by atoms with E-state index in [4.69, 9.17) is 11.6 Å². The van der Waals surface area contributed by atoms with E-state index >= 15 is 0 Å². The molecule has 1 aromatic heterocycles. The third-order valence-electron chi connectivity index (χ3n) is 4.77. The van der Waals surface area contributed by atoms with Crippen LogP contribution in [-0.4, -0.2) is 57.2 Å². The number of hydrogen-bond acceptors (Lipinski definition) is 8. The summed E-state index contributed by atoms with van der Waals surface area (Å²) in [7, 11) is 0. The predicted octanol–water partition coefficient (Wildman–Crippen LogP) is 3.01. The van der Waals surface area contributed by atoms with Gasteiger partial charge in [0.15, 0.2) is 0 Å². The maximum atomic E-state index is 12.5. The van der Waals surface area contributed by atoms with E-state index in [1.807, 2.05) is 21.9 Å². The fraction of sp³-hybridized carbons (Fsp3) is 0.278. The number of fused-ring (bicyclic) bond motifs is 1. The van der Waals surface area contributed by atoms with Crippen molar-refractivity contribution in [2.75, 3.05) is 42.9 Å². The molecule has 0 aliphatic carbocycles. The Kier molecular flexibility index (Phi) is 5.56. The number of nitrogens with one attached hydrogen (secondary N) is 1. The molecule has 1 saturated heterocycles. The number of carbonyl (C=O) groups excluding carboxylic acids is 1. The summed E-state index contributed by atoms with van der Waals surface area (Å²) in [6.45, 7) is 2.65. The third kappa shape index (κ3) is 4.29. The lowest BCUT2D eigenvalue weighted by atomic mass is 10.2. The second-order valence-corrected chi connectivity index (χ2v) is 7.60. The van der Waals surface area contributed by atoms with Crippen molar-refractivity contribution in [3.63, 3.8) is 0 Å². The first-order valence-electron chi connectivity index (χ1n) is 8.93. The van der Waals surface area contributed by atoms with Gasteiger partial charge in [-0.2, -0.15) is 8.75 Å². The van der Waals surface area contributed by atoms with Crippen molar-refractivity contribution < 1.29 is 9.72 Å². The van der Waals surface area contributed by atoms with Gasteiger partial charge in [0.05, 0.1) is 28.9 Å². The number of hydrogen-bond donors (Lipinski definition) is 1. The molecule has 1 amide bonds. The van der Waals surface area contributed by atoms with Crippen molar-refractivity contribution in [3.8, 4) is 0 Å². The minimum absolute atomic E-state index is 0.00587. The van der Waals surface area contributed by atoms with Crippen molar-refractivity contribution in [1.82, 2.24) is 13.6 Å². The van der Waals surface area contributed by atoms with Crippen LogP contribution in [0.3, 0.4) is 0 Å². The van der Waals surface area contributed by atoms with Gasteiger partial charge in [0, 0.05) is 37.3 Å². The number of anilines is 2. The van der Waals surface area contributed by atoms with Crippen LogP contribution in [-0.2, 0) is 4.79 Å². The van der Waals surface area contributed by atoms with E-state index in [1.165, 1.54) is 6.07 Å². The molecule has 1 aliphatic heterocycles. The number of nitro benzene ring substituents is 1.